The largest absolute Gasteiger partial charge is 0.264 e. The Bertz CT molecular complexity index is 408. The van der Waals surface area contributed by atoms with Crippen LogP contribution in [0.2, 0.25) is 0 Å². The van der Waals surface area contributed by atoms with Gasteiger partial charge in [0.2, 0.25) is 0 Å². The van der Waals surface area contributed by atoms with Crippen LogP contribution in [0.3, 0.4) is 0 Å². The second-order valence-electron chi connectivity index (χ2n) is 1.85. The number of halogens is 3. The summed E-state index contributed by atoms with van der Waals surface area (Å²) < 4.78 is 34.3. The van der Waals surface area contributed by atoms with Gasteiger partial charge < -0.3 is 0 Å². The van der Waals surface area contributed by atoms with Gasteiger partial charge in [-0.15, -0.1) is 0 Å². The standard InChI is InChI=1S/C5H2ClFINO2S/c6-12(10,11)3-1-2-9-5(8)4(3)7/h1-2H. The molecule has 0 atom stereocenters. The van der Waals surface area contributed by atoms with Gasteiger partial charge in [0.25, 0.3) is 9.05 Å². The molecule has 1 aromatic heterocycles. The third kappa shape index (κ3) is 2.05. The van der Waals surface area contributed by atoms with Crippen molar-refractivity contribution in [2.24, 2.45) is 0 Å². The predicted molar refractivity (Wildman–Crippen MR) is 50.0 cm³/mol. The minimum Gasteiger partial charge on any atom is -0.247 e. The Labute approximate surface area is 86.5 Å². The van der Waals surface area contributed by atoms with Gasteiger partial charge in [-0.25, -0.2) is 17.8 Å². The van der Waals surface area contributed by atoms with Gasteiger partial charge in [0, 0.05) is 16.9 Å². The van der Waals surface area contributed by atoms with Crippen LogP contribution in [-0.4, -0.2) is 13.4 Å². The Balaban J connectivity index is 3.47. The highest BCUT2D eigenvalue weighted by atomic mass is 127. The van der Waals surface area contributed by atoms with Crippen molar-refractivity contribution >= 4 is 42.3 Å². The number of aromatic nitrogens is 1. The molecule has 0 fully saturated rings. The third-order valence-corrected chi connectivity index (χ3v) is 3.17. The van der Waals surface area contributed by atoms with Crippen molar-refractivity contribution in [3.8, 4) is 0 Å². The van der Waals surface area contributed by atoms with Crippen LogP contribution in [0.15, 0.2) is 17.2 Å². The topological polar surface area (TPSA) is 47.0 Å². The molecular formula is C5H2ClFINO2S. The maximum Gasteiger partial charge on any atom is 0.264 e. The summed E-state index contributed by atoms with van der Waals surface area (Å²) in [5.74, 6) is -0.909. The zero-order valence-corrected chi connectivity index (χ0v) is 9.19. The molecule has 0 radical (unpaired) electrons. The van der Waals surface area contributed by atoms with Gasteiger partial charge >= 0.3 is 0 Å². The fourth-order valence-corrected chi connectivity index (χ4v) is 2.12. The van der Waals surface area contributed by atoms with Gasteiger partial charge in [-0.1, -0.05) is 0 Å². The highest BCUT2D eigenvalue weighted by molar-refractivity contribution is 14.1. The first-order valence-electron chi connectivity index (χ1n) is 2.67. The van der Waals surface area contributed by atoms with Crippen molar-refractivity contribution in [1.82, 2.24) is 4.98 Å². The van der Waals surface area contributed by atoms with Crippen molar-refractivity contribution in [3.05, 3.63) is 21.8 Å². The van der Waals surface area contributed by atoms with Crippen molar-refractivity contribution in [3.63, 3.8) is 0 Å². The Morgan fingerprint density at radius 1 is 1.58 bits per heavy atom. The Hall–Kier alpha value is 0.0500. The van der Waals surface area contributed by atoms with E-state index in [9.17, 15) is 12.8 Å². The molecule has 0 aliphatic carbocycles. The molecule has 0 aliphatic rings. The van der Waals surface area contributed by atoms with Crippen LogP contribution >= 0.6 is 33.3 Å². The molecule has 0 saturated carbocycles. The summed E-state index contributed by atoms with van der Waals surface area (Å²) in [4.78, 5) is 3.00. The molecule has 0 spiro atoms. The van der Waals surface area contributed by atoms with E-state index >= 15 is 0 Å². The predicted octanol–water partition coefficient (Wildman–Crippen LogP) is 1.75. The van der Waals surface area contributed by atoms with E-state index in [4.69, 9.17) is 10.7 Å². The van der Waals surface area contributed by atoms with Crippen LogP contribution in [-0.2, 0) is 9.05 Å². The quantitative estimate of drug-likeness (QED) is 0.450. The molecule has 7 heteroatoms. The van der Waals surface area contributed by atoms with E-state index in [1.165, 1.54) is 6.20 Å². The smallest absolute Gasteiger partial charge is 0.247 e. The minimum atomic E-state index is -4.00. The number of pyridine rings is 1. The Morgan fingerprint density at radius 3 is 2.58 bits per heavy atom. The van der Waals surface area contributed by atoms with Crippen molar-refractivity contribution in [2.75, 3.05) is 0 Å². The zero-order chi connectivity index (χ0) is 9.35. The average Bonchev–Trinajstić information content (AvgIpc) is 1.92. The molecule has 1 aromatic rings. The lowest BCUT2D eigenvalue weighted by Gasteiger charge is -1.98. The second kappa shape index (κ2) is 3.43. The van der Waals surface area contributed by atoms with Crippen molar-refractivity contribution in [1.29, 1.82) is 0 Å². The van der Waals surface area contributed by atoms with Gasteiger partial charge in [-0.2, -0.15) is 0 Å². The number of rotatable bonds is 1. The minimum absolute atomic E-state index is 0.0191. The highest BCUT2D eigenvalue weighted by Crippen LogP contribution is 2.20. The van der Waals surface area contributed by atoms with Gasteiger partial charge in [0.1, 0.15) is 8.60 Å². The lowest BCUT2D eigenvalue weighted by Crippen LogP contribution is -1.98. The number of hydrogen-bond acceptors (Lipinski definition) is 3. The third-order valence-electron chi connectivity index (χ3n) is 1.07. The van der Waals surface area contributed by atoms with E-state index in [2.05, 4.69) is 4.98 Å². The van der Waals surface area contributed by atoms with E-state index in [1.54, 1.807) is 22.6 Å². The maximum atomic E-state index is 13.0. The lowest BCUT2D eigenvalue weighted by atomic mass is 10.5. The molecule has 0 bridgehead atoms. The van der Waals surface area contributed by atoms with Gasteiger partial charge in [0.05, 0.1) is 0 Å². The average molecular weight is 321 g/mol. The van der Waals surface area contributed by atoms with Crippen LogP contribution < -0.4 is 0 Å². The summed E-state index contributed by atoms with van der Waals surface area (Å²) in [6, 6.07) is 1.01. The first kappa shape index (κ1) is 10.1. The maximum absolute atomic E-state index is 13.0. The van der Waals surface area contributed by atoms with Gasteiger partial charge in [-0.3, -0.25) is 0 Å². The molecule has 66 valence electrons. The highest BCUT2D eigenvalue weighted by Gasteiger charge is 2.18. The first-order valence-corrected chi connectivity index (χ1v) is 6.06. The molecule has 0 unspecified atom stereocenters. The molecule has 0 amide bonds. The van der Waals surface area contributed by atoms with Gasteiger partial charge in [-0.05, 0) is 28.7 Å². The summed E-state index contributed by atoms with van der Waals surface area (Å²) in [6.45, 7) is 0. The van der Waals surface area contributed by atoms with Crippen molar-refractivity contribution in [2.45, 2.75) is 4.90 Å². The van der Waals surface area contributed by atoms with Crippen LogP contribution in [0.25, 0.3) is 0 Å². The zero-order valence-electron chi connectivity index (χ0n) is 5.46. The van der Waals surface area contributed by atoms with E-state index in [0.29, 0.717) is 0 Å². The summed E-state index contributed by atoms with van der Waals surface area (Å²) in [5.41, 5.74) is 0. The van der Waals surface area contributed by atoms with Crippen LogP contribution in [0.1, 0.15) is 0 Å². The van der Waals surface area contributed by atoms with Crippen molar-refractivity contribution < 1.29 is 12.8 Å². The van der Waals surface area contributed by atoms with E-state index in [0.717, 1.165) is 6.07 Å². The number of nitrogens with zero attached hydrogens (tertiary/aromatic N) is 1. The SMILES string of the molecule is O=S(=O)(Cl)c1ccnc(I)c1F. The monoisotopic (exact) mass is 321 g/mol. The molecule has 12 heavy (non-hydrogen) atoms. The summed E-state index contributed by atoms with van der Waals surface area (Å²) in [5, 5.41) is 0. The molecule has 0 aromatic carbocycles. The molecule has 0 N–H and O–H groups in total. The molecule has 1 heterocycles. The molecule has 0 aliphatic heterocycles. The summed E-state index contributed by atoms with van der Waals surface area (Å²) in [6.07, 6.45) is 1.18. The number of hydrogen-bond donors (Lipinski definition) is 0. The fraction of sp³-hybridized carbons (Fsp3) is 0. The first-order chi connectivity index (χ1) is 5.43. The van der Waals surface area contributed by atoms with E-state index in [-0.39, 0.29) is 3.70 Å². The molecule has 1 rings (SSSR count). The summed E-state index contributed by atoms with van der Waals surface area (Å²) in [7, 11) is 0.933. The Morgan fingerprint density at radius 2 is 2.17 bits per heavy atom. The second-order valence-corrected chi connectivity index (χ2v) is 5.41. The Kier molecular flexibility index (Phi) is 2.89. The normalized spacial score (nSPS) is 11.6. The van der Waals surface area contributed by atoms with Crippen LogP contribution in [0, 0.1) is 9.52 Å². The van der Waals surface area contributed by atoms with E-state index < -0.39 is 19.8 Å². The summed E-state index contributed by atoms with van der Waals surface area (Å²) >= 11 is 1.58. The lowest BCUT2D eigenvalue weighted by molar-refractivity contribution is 0.564. The molecule has 0 saturated heterocycles. The van der Waals surface area contributed by atoms with Gasteiger partial charge in [0.15, 0.2) is 5.82 Å². The van der Waals surface area contributed by atoms with E-state index in [1.807, 2.05) is 0 Å². The van der Waals surface area contributed by atoms with Crippen LogP contribution in [0.5, 0.6) is 0 Å². The van der Waals surface area contributed by atoms with Crippen LogP contribution in [0.4, 0.5) is 4.39 Å². The molecular weight excluding hydrogens is 319 g/mol. The fourth-order valence-electron chi connectivity index (χ4n) is 0.590. The molecule has 3 nitrogen and oxygen atoms in total.